The van der Waals surface area contributed by atoms with Gasteiger partial charge >= 0.3 is 12.0 Å². The second kappa shape index (κ2) is 8.36. The molecule has 5 nitrogen and oxygen atoms in total. The molecule has 1 aliphatic rings. The molecule has 0 radical (unpaired) electrons. The van der Waals surface area contributed by atoms with Crippen molar-refractivity contribution in [3.63, 3.8) is 0 Å². The van der Waals surface area contributed by atoms with Crippen LogP contribution in [0.1, 0.15) is 25.5 Å². The molecule has 0 spiro atoms. The molecular formula is C20H22N2O3S. The van der Waals surface area contributed by atoms with Crippen molar-refractivity contribution in [2.24, 2.45) is 10.9 Å². The number of carbonyl (C=O) groups is 2. The van der Waals surface area contributed by atoms with Gasteiger partial charge in [0.25, 0.3) is 0 Å². The van der Waals surface area contributed by atoms with Crippen molar-refractivity contribution in [3.05, 3.63) is 48.0 Å². The molecule has 26 heavy (non-hydrogen) atoms. The van der Waals surface area contributed by atoms with Crippen LogP contribution in [0.2, 0.25) is 0 Å². The quantitative estimate of drug-likeness (QED) is 0.617. The van der Waals surface area contributed by atoms with Crippen molar-refractivity contribution in [2.75, 3.05) is 18.1 Å². The van der Waals surface area contributed by atoms with Crippen LogP contribution < -0.4 is 5.32 Å². The van der Waals surface area contributed by atoms with E-state index in [2.05, 4.69) is 17.2 Å². The van der Waals surface area contributed by atoms with E-state index in [1.165, 1.54) is 0 Å². The van der Waals surface area contributed by atoms with Gasteiger partial charge in [0.1, 0.15) is 12.5 Å². The van der Waals surface area contributed by atoms with Gasteiger partial charge in [0.2, 0.25) is 0 Å². The summed E-state index contributed by atoms with van der Waals surface area (Å²) < 4.78 is 5.44. The highest BCUT2D eigenvalue weighted by Gasteiger charge is 2.38. The lowest BCUT2D eigenvalue weighted by Crippen LogP contribution is -2.44. The van der Waals surface area contributed by atoms with E-state index in [1.54, 1.807) is 18.7 Å². The standard InChI is InChI=1S/C20H22N2O3S/c1-3-26-11-10-25-19(23)17-13(2)21-20(24)22-18(17)16-9-8-14-6-4-5-7-15(14)12-16/h4-9,12,17-18H,3,10-11H2,1-2H3,(H,22,24). The van der Waals surface area contributed by atoms with E-state index in [4.69, 9.17) is 4.74 Å². The van der Waals surface area contributed by atoms with E-state index in [0.717, 1.165) is 27.8 Å². The van der Waals surface area contributed by atoms with Crippen molar-refractivity contribution in [1.29, 1.82) is 0 Å². The fourth-order valence-electron chi connectivity index (χ4n) is 3.14. The maximum atomic E-state index is 12.7. The van der Waals surface area contributed by atoms with Gasteiger partial charge in [-0.05, 0) is 35.1 Å². The molecule has 0 aliphatic carbocycles. The number of ether oxygens (including phenoxy) is 1. The van der Waals surface area contributed by atoms with E-state index < -0.39 is 18.0 Å². The molecule has 0 saturated carbocycles. The van der Waals surface area contributed by atoms with Crippen LogP contribution in [-0.2, 0) is 9.53 Å². The number of aliphatic imine (C=N–C) groups is 1. The summed E-state index contributed by atoms with van der Waals surface area (Å²) in [6.07, 6.45) is 0. The molecule has 2 aromatic rings. The molecule has 0 fully saturated rings. The summed E-state index contributed by atoms with van der Waals surface area (Å²) in [5, 5.41) is 5.00. The first-order chi connectivity index (χ1) is 12.6. The van der Waals surface area contributed by atoms with Crippen LogP contribution in [0.5, 0.6) is 0 Å². The predicted molar refractivity (Wildman–Crippen MR) is 106 cm³/mol. The molecule has 0 saturated heterocycles. The number of hydrogen-bond acceptors (Lipinski definition) is 4. The summed E-state index contributed by atoms with van der Waals surface area (Å²) >= 11 is 1.72. The van der Waals surface area contributed by atoms with E-state index in [1.807, 2.05) is 42.5 Å². The van der Waals surface area contributed by atoms with Crippen LogP contribution in [0.3, 0.4) is 0 Å². The third-order valence-electron chi connectivity index (χ3n) is 4.40. The molecule has 2 aromatic carbocycles. The molecule has 6 heteroatoms. The number of hydrogen-bond donors (Lipinski definition) is 1. The topological polar surface area (TPSA) is 67.8 Å². The lowest BCUT2D eigenvalue weighted by Gasteiger charge is -2.30. The molecule has 3 rings (SSSR count). The first kappa shape index (κ1) is 18.5. The number of benzene rings is 2. The van der Waals surface area contributed by atoms with E-state index in [-0.39, 0.29) is 5.97 Å². The number of urea groups is 1. The van der Waals surface area contributed by atoms with Gasteiger partial charge in [-0.25, -0.2) is 9.79 Å². The van der Waals surface area contributed by atoms with E-state index in [0.29, 0.717) is 12.3 Å². The van der Waals surface area contributed by atoms with E-state index in [9.17, 15) is 9.59 Å². The lowest BCUT2D eigenvalue weighted by molar-refractivity contribution is -0.146. The molecule has 0 aromatic heterocycles. The first-order valence-corrected chi connectivity index (χ1v) is 9.84. The Kier molecular flexibility index (Phi) is 5.93. The molecule has 2 atom stereocenters. The third kappa shape index (κ3) is 4.07. The Morgan fingerprint density at radius 1 is 1.23 bits per heavy atom. The summed E-state index contributed by atoms with van der Waals surface area (Å²) in [7, 11) is 0. The van der Waals surface area contributed by atoms with Gasteiger partial charge in [-0.2, -0.15) is 11.8 Å². The number of thioether (sulfide) groups is 1. The minimum atomic E-state index is -0.611. The Morgan fingerprint density at radius 2 is 2.00 bits per heavy atom. The molecule has 1 N–H and O–H groups in total. The van der Waals surface area contributed by atoms with Crippen LogP contribution in [0, 0.1) is 5.92 Å². The number of amides is 2. The third-order valence-corrected chi connectivity index (χ3v) is 5.27. The number of nitrogens with one attached hydrogen (secondary N) is 1. The fraction of sp³-hybridized carbons (Fsp3) is 0.350. The van der Waals surface area contributed by atoms with E-state index >= 15 is 0 Å². The van der Waals surface area contributed by atoms with Crippen molar-refractivity contribution >= 4 is 40.2 Å². The molecule has 2 unspecified atom stereocenters. The van der Waals surface area contributed by atoms with Gasteiger partial charge in [0.05, 0.1) is 6.04 Å². The summed E-state index contributed by atoms with van der Waals surface area (Å²) in [6.45, 7) is 4.13. The number of esters is 1. The SMILES string of the molecule is CCSCCOC(=O)C1C(C)=NC(=O)NC1c1ccc2ccccc2c1. The molecular weight excluding hydrogens is 348 g/mol. The zero-order valence-corrected chi connectivity index (χ0v) is 15.7. The minimum Gasteiger partial charge on any atom is -0.464 e. The van der Waals surface area contributed by atoms with Gasteiger partial charge < -0.3 is 10.1 Å². The van der Waals surface area contributed by atoms with Gasteiger partial charge in [-0.3, -0.25) is 4.79 Å². The Balaban J connectivity index is 1.87. The number of fused-ring (bicyclic) bond motifs is 1. The van der Waals surface area contributed by atoms with Crippen molar-refractivity contribution in [2.45, 2.75) is 19.9 Å². The van der Waals surface area contributed by atoms with Gasteiger partial charge in [-0.15, -0.1) is 0 Å². The Labute approximate surface area is 157 Å². The van der Waals surface area contributed by atoms with Crippen LogP contribution >= 0.6 is 11.8 Å². The normalized spacial score (nSPS) is 19.8. The van der Waals surface area contributed by atoms with Crippen molar-refractivity contribution < 1.29 is 14.3 Å². The highest BCUT2D eigenvalue weighted by molar-refractivity contribution is 7.99. The second-order valence-electron chi connectivity index (χ2n) is 6.13. The Hall–Kier alpha value is -2.34. The van der Waals surface area contributed by atoms with Gasteiger partial charge in [-0.1, -0.05) is 43.3 Å². The van der Waals surface area contributed by atoms with Crippen molar-refractivity contribution in [3.8, 4) is 0 Å². The average Bonchev–Trinajstić information content (AvgIpc) is 2.64. The second-order valence-corrected chi connectivity index (χ2v) is 7.52. The largest absolute Gasteiger partial charge is 0.464 e. The van der Waals surface area contributed by atoms with Crippen LogP contribution in [-0.4, -0.2) is 35.8 Å². The van der Waals surface area contributed by atoms with Gasteiger partial charge in [0, 0.05) is 11.5 Å². The number of rotatable bonds is 6. The van der Waals surface area contributed by atoms with Crippen LogP contribution in [0.15, 0.2) is 47.5 Å². The summed E-state index contributed by atoms with van der Waals surface area (Å²) in [4.78, 5) is 28.5. The molecule has 1 heterocycles. The smallest absolute Gasteiger partial charge is 0.341 e. The molecule has 1 aliphatic heterocycles. The summed E-state index contributed by atoms with van der Waals surface area (Å²) in [5.41, 5.74) is 1.36. The minimum absolute atomic E-state index is 0.346. The zero-order chi connectivity index (χ0) is 18.5. The molecule has 136 valence electrons. The van der Waals surface area contributed by atoms with Gasteiger partial charge in [0.15, 0.2) is 0 Å². The number of carbonyl (C=O) groups excluding carboxylic acids is 2. The zero-order valence-electron chi connectivity index (χ0n) is 14.9. The van der Waals surface area contributed by atoms with Crippen molar-refractivity contribution in [1.82, 2.24) is 5.32 Å². The molecule has 2 amide bonds. The highest BCUT2D eigenvalue weighted by atomic mass is 32.2. The Bertz CT molecular complexity index is 850. The summed E-state index contributed by atoms with van der Waals surface area (Å²) in [5.74, 6) is 0.789. The molecule has 0 bridgehead atoms. The average molecular weight is 370 g/mol. The van der Waals surface area contributed by atoms with Crippen LogP contribution in [0.4, 0.5) is 4.79 Å². The highest BCUT2D eigenvalue weighted by Crippen LogP contribution is 2.30. The summed E-state index contributed by atoms with van der Waals surface area (Å²) in [6, 6.07) is 13.0. The Morgan fingerprint density at radius 3 is 2.77 bits per heavy atom. The first-order valence-electron chi connectivity index (χ1n) is 8.69. The monoisotopic (exact) mass is 370 g/mol. The van der Waals surface area contributed by atoms with Crippen LogP contribution in [0.25, 0.3) is 10.8 Å². The maximum Gasteiger partial charge on any atom is 0.341 e. The maximum absolute atomic E-state index is 12.7. The predicted octanol–water partition coefficient (Wildman–Crippen LogP) is 3.98. The fourth-order valence-corrected chi connectivity index (χ4v) is 3.63. The number of nitrogens with zero attached hydrogens (tertiary/aromatic N) is 1. The lowest BCUT2D eigenvalue weighted by atomic mass is 9.87.